The molecule has 2 amide bonds. The maximum atomic E-state index is 11.7. The molecule has 5 heteroatoms. The minimum atomic E-state index is -0.293. The number of hydrogen-bond donors (Lipinski definition) is 3. The van der Waals surface area contributed by atoms with E-state index in [1.54, 1.807) is 18.2 Å². The first-order valence-electron chi connectivity index (χ1n) is 5.89. The number of halogens is 1. The lowest BCUT2D eigenvalue weighted by atomic mass is 10.1. The van der Waals surface area contributed by atoms with Crippen LogP contribution in [0.3, 0.4) is 0 Å². The molecule has 4 N–H and O–H groups in total. The zero-order chi connectivity index (χ0) is 14.5. The predicted octanol–water partition coefficient (Wildman–Crippen LogP) is 2.57. The summed E-state index contributed by atoms with van der Waals surface area (Å²) in [4.78, 5) is 11.7. The molecule has 0 bridgehead atoms. The van der Waals surface area contributed by atoms with Crippen molar-refractivity contribution in [3.8, 4) is 11.8 Å². The molecule has 19 heavy (non-hydrogen) atoms. The van der Waals surface area contributed by atoms with Gasteiger partial charge in [0.05, 0.1) is 11.6 Å². The molecule has 0 spiro atoms. The van der Waals surface area contributed by atoms with Crippen molar-refractivity contribution in [2.75, 3.05) is 11.9 Å². The Bertz CT molecular complexity index is 524. The van der Waals surface area contributed by atoms with Crippen LogP contribution in [0.1, 0.15) is 26.3 Å². The highest BCUT2D eigenvalue weighted by Gasteiger charge is 2.13. The Labute approximate surface area is 118 Å². The maximum absolute atomic E-state index is 11.7. The highest BCUT2D eigenvalue weighted by Crippen LogP contribution is 2.19. The van der Waals surface area contributed by atoms with Crippen LogP contribution >= 0.6 is 11.6 Å². The van der Waals surface area contributed by atoms with Crippen LogP contribution in [0.2, 0.25) is 5.02 Å². The monoisotopic (exact) mass is 279 g/mol. The maximum Gasteiger partial charge on any atom is 0.319 e. The topological polar surface area (TPSA) is 67.2 Å². The molecule has 0 saturated heterocycles. The summed E-state index contributed by atoms with van der Waals surface area (Å²) in [6, 6.07) is 4.85. The van der Waals surface area contributed by atoms with E-state index in [9.17, 15) is 4.79 Å². The van der Waals surface area contributed by atoms with Crippen molar-refractivity contribution >= 4 is 23.3 Å². The van der Waals surface area contributed by atoms with E-state index in [4.69, 9.17) is 17.3 Å². The first-order chi connectivity index (χ1) is 8.81. The molecule has 1 rings (SSSR count). The lowest BCUT2D eigenvalue weighted by Crippen LogP contribution is -2.43. The largest absolute Gasteiger partial charge is 0.333 e. The molecule has 1 aromatic rings. The fraction of sp³-hybridized carbons (Fsp3) is 0.357. The van der Waals surface area contributed by atoms with Gasteiger partial charge in [-0.3, -0.25) is 0 Å². The molecule has 0 saturated carbocycles. The molecular formula is C14H18ClN3O. The van der Waals surface area contributed by atoms with Gasteiger partial charge in [-0.2, -0.15) is 0 Å². The Hall–Kier alpha value is -1.70. The zero-order valence-corrected chi connectivity index (χ0v) is 12.1. The Morgan fingerprint density at radius 3 is 2.68 bits per heavy atom. The number of anilines is 1. The van der Waals surface area contributed by atoms with Gasteiger partial charge in [0, 0.05) is 16.8 Å². The summed E-state index contributed by atoms with van der Waals surface area (Å²) in [5, 5.41) is 6.07. The Morgan fingerprint density at radius 2 is 2.11 bits per heavy atom. The number of urea groups is 1. The van der Waals surface area contributed by atoms with E-state index >= 15 is 0 Å². The van der Waals surface area contributed by atoms with Crippen molar-refractivity contribution in [3.05, 3.63) is 28.8 Å². The van der Waals surface area contributed by atoms with Gasteiger partial charge >= 0.3 is 6.03 Å². The van der Waals surface area contributed by atoms with Gasteiger partial charge in [-0.15, -0.1) is 0 Å². The number of rotatable bonds is 1. The molecule has 0 aliphatic carbocycles. The second-order valence-electron chi connectivity index (χ2n) is 5.03. The molecule has 0 aromatic heterocycles. The Balaban J connectivity index is 2.83. The number of amides is 2. The van der Waals surface area contributed by atoms with E-state index in [1.807, 2.05) is 20.8 Å². The van der Waals surface area contributed by atoms with E-state index in [1.165, 1.54) is 0 Å². The van der Waals surface area contributed by atoms with Gasteiger partial charge < -0.3 is 16.4 Å². The fourth-order valence-corrected chi connectivity index (χ4v) is 1.51. The smallest absolute Gasteiger partial charge is 0.319 e. The number of carbonyl (C=O) groups excluding carboxylic acids is 1. The molecule has 0 heterocycles. The summed E-state index contributed by atoms with van der Waals surface area (Å²) in [6.07, 6.45) is 0. The summed E-state index contributed by atoms with van der Waals surface area (Å²) in [7, 11) is 0. The standard InChI is InChI=1S/C14H18ClN3O/c1-14(2,3)18-13(19)17-11-6-7-12(15)10(9-11)5-4-8-16/h6-7,9H,8,16H2,1-3H3,(H2,17,18,19). The quantitative estimate of drug-likeness (QED) is 0.692. The van der Waals surface area contributed by atoms with Crippen molar-refractivity contribution in [1.82, 2.24) is 5.32 Å². The van der Waals surface area contributed by atoms with Crippen LogP contribution in [-0.2, 0) is 0 Å². The molecule has 4 nitrogen and oxygen atoms in total. The molecule has 0 unspecified atom stereocenters. The fourth-order valence-electron chi connectivity index (χ4n) is 1.35. The van der Waals surface area contributed by atoms with Crippen LogP contribution in [0.4, 0.5) is 10.5 Å². The summed E-state index contributed by atoms with van der Waals surface area (Å²) < 4.78 is 0. The number of benzene rings is 1. The number of carbonyl (C=O) groups is 1. The van der Waals surface area contributed by atoms with E-state index in [0.717, 1.165) is 0 Å². The van der Waals surface area contributed by atoms with Gasteiger partial charge in [0.25, 0.3) is 0 Å². The van der Waals surface area contributed by atoms with Crippen LogP contribution < -0.4 is 16.4 Å². The van der Waals surface area contributed by atoms with Gasteiger partial charge in [0.1, 0.15) is 0 Å². The molecule has 0 atom stereocenters. The molecule has 0 aliphatic rings. The second-order valence-corrected chi connectivity index (χ2v) is 5.44. The first-order valence-corrected chi connectivity index (χ1v) is 6.27. The second kappa shape index (κ2) is 6.46. The predicted molar refractivity (Wildman–Crippen MR) is 79.3 cm³/mol. The summed E-state index contributed by atoms with van der Waals surface area (Å²) >= 11 is 6.00. The van der Waals surface area contributed by atoms with Crippen molar-refractivity contribution < 1.29 is 4.79 Å². The van der Waals surface area contributed by atoms with Gasteiger partial charge in [0.2, 0.25) is 0 Å². The van der Waals surface area contributed by atoms with Gasteiger partial charge in [-0.25, -0.2) is 4.79 Å². The van der Waals surface area contributed by atoms with Crippen molar-refractivity contribution in [2.45, 2.75) is 26.3 Å². The van der Waals surface area contributed by atoms with E-state index < -0.39 is 0 Å². The summed E-state index contributed by atoms with van der Waals surface area (Å²) in [6.45, 7) is 5.99. The van der Waals surface area contributed by atoms with Crippen molar-refractivity contribution in [3.63, 3.8) is 0 Å². The normalized spacial score (nSPS) is 10.4. The Morgan fingerprint density at radius 1 is 1.42 bits per heavy atom. The molecule has 1 aromatic carbocycles. The lowest BCUT2D eigenvalue weighted by molar-refractivity contribution is 0.244. The average Bonchev–Trinajstić information content (AvgIpc) is 2.27. The van der Waals surface area contributed by atoms with Crippen LogP contribution in [0.15, 0.2) is 18.2 Å². The Kier molecular flexibility index (Phi) is 5.22. The van der Waals surface area contributed by atoms with Gasteiger partial charge in [-0.05, 0) is 39.0 Å². The number of nitrogens with two attached hydrogens (primary N) is 1. The van der Waals surface area contributed by atoms with E-state index in [0.29, 0.717) is 16.3 Å². The minimum Gasteiger partial charge on any atom is -0.333 e. The molecule has 102 valence electrons. The third-order valence-electron chi connectivity index (χ3n) is 2.04. The average molecular weight is 280 g/mol. The highest BCUT2D eigenvalue weighted by molar-refractivity contribution is 6.31. The molecule has 0 radical (unpaired) electrons. The zero-order valence-electron chi connectivity index (χ0n) is 11.3. The molecular weight excluding hydrogens is 262 g/mol. The van der Waals surface area contributed by atoms with Crippen LogP contribution in [0, 0.1) is 11.8 Å². The lowest BCUT2D eigenvalue weighted by Gasteiger charge is -2.20. The van der Waals surface area contributed by atoms with Crippen LogP contribution in [0.25, 0.3) is 0 Å². The minimum absolute atomic E-state index is 0.262. The van der Waals surface area contributed by atoms with E-state index in [-0.39, 0.29) is 18.1 Å². The van der Waals surface area contributed by atoms with Crippen LogP contribution in [0.5, 0.6) is 0 Å². The van der Waals surface area contributed by atoms with Gasteiger partial charge in [-0.1, -0.05) is 23.4 Å². The summed E-state index contributed by atoms with van der Waals surface area (Å²) in [5.74, 6) is 5.59. The first kappa shape index (κ1) is 15.4. The third kappa shape index (κ3) is 5.64. The highest BCUT2D eigenvalue weighted by atomic mass is 35.5. The molecule has 0 aliphatic heterocycles. The molecule has 0 fully saturated rings. The third-order valence-corrected chi connectivity index (χ3v) is 2.37. The van der Waals surface area contributed by atoms with Crippen molar-refractivity contribution in [2.24, 2.45) is 5.73 Å². The van der Waals surface area contributed by atoms with Crippen molar-refractivity contribution in [1.29, 1.82) is 0 Å². The van der Waals surface area contributed by atoms with Crippen LogP contribution in [-0.4, -0.2) is 18.1 Å². The number of nitrogens with one attached hydrogen (secondary N) is 2. The number of hydrogen-bond acceptors (Lipinski definition) is 2. The summed E-state index contributed by atoms with van der Waals surface area (Å²) in [5.41, 5.74) is 6.30. The van der Waals surface area contributed by atoms with Gasteiger partial charge in [0.15, 0.2) is 0 Å². The SMILES string of the molecule is CC(C)(C)NC(=O)Nc1ccc(Cl)c(C#CCN)c1. The van der Waals surface area contributed by atoms with E-state index in [2.05, 4.69) is 22.5 Å².